The van der Waals surface area contributed by atoms with Crippen molar-refractivity contribution in [3.05, 3.63) is 28.3 Å². The third-order valence-electron chi connectivity index (χ3n) is 3.10. The van der Waals surface area contributed by atoms with E-state index in [0.29, 0.717) is 17.4 Å². The summed E-state index contributed by atoms with van der Waals surface area (Å²) < 4.78 is 5.07. The Morgan fingerprint density at radius 2 is 2.22 bits per heavy atom. The molecule has 1 aromatic rings. The van der Waals surface area contributed by atoms with Crippen molar-refractivity contribution < 1.29 is 14.5 Å². The maximum Gasteiger partial charge on any atom is 0.271 e. The molecule has 1 fully saturated rings. The van der Waals surface area contributed by atoms with Gasteiger partial charge in [0.05, 0.1) is 17.7 Å². The predicted octanol–water partition coefficient (Wildman–Crippen LogP) is 2.20. The maximum atomic E-state index is 11.8. The number of benzene rings is 1. The fourth-order valence-corrected chi connectivity index (χ4v) is 1.82. The number of nitrogens with zero attached hydrogens (tertiary/aromatic N) is 1. The standard InChI is InChI=1S/C12H14N2O4/c1-7-5-9(7)12(15)13-10-6-8(14(16)17)3-4-11(10)18-2/h3-4,6-7,9H,5H2,1-2H3,(H,13,15)/t7-,9+/m1/s1. The van der Waals surface area contributed by atoms with E-state index in [2.05, 4.69) is 5.32 Å². The number of nitro groups is 1. The predicted molar refractivity (Wildman–Crippen MR) is 65.5 cm³/mol. The molecular formula is C12H14N2O4. The lowest BCUT2D eigenvalue weighted by atomic mass is 10.2. The number of nitro benzene ring substituents is 1. The molecule has 0 radical (unpaired) electrons. The highest BCUT2D eigenvalue weighted by Gasteiger charge is 2.39. The summed E-state index contributed by atoms with van der Waals surface area (Å²) in [4.78, 5) is 22.0. The van der Waals surface area contributed by atoms with Gasteiger partial charge in [0.15, 0.2) is 0 Å². The van der Waals surface area contributed by atoms with Crippen molar-refractivity contribution in [2.75, 3.05) is 12.4 Å². The van der Waals surface area contributed by atoms with Crippen LogP contribution in [0.4, 0.5) is 11.4 Å². The highest BCUT2D eigenvalue weighted by molar-refractivity contribution is 5.96. The fourth-order valence-electron chi connectivity index (χ4n) is 1.82. The Morgan fingerprint density at radius 3 is 2.72 bits per heavy atom. The van der Waals surface area contributed by atoms with Gasteiger partial charge in [0.1, 0.15) is 5.75 Å². The van der Waals surface area contributed by atoms with Crippen LogP contribution in [0.25, 0.3) is 0 Å². The number of anilines is 1. The molecule has 18 heavy (non-hydrogen) atoms. The summed E-state index contributed by atoms with van der Waals surface area (Å²) in [5, 5.41) is 13.4. The molecule has 0 bridgehead atoms. The molecule has 6 nitrogen and oxygen atoms in total. The minimum Gasteiger partial charge on any atom is -0.495 e. The van der Waals surface area contributed by atoms with Gasteiger partial charge in [-0.25, -0.2) is 0 Å². The number of hydrogen-bond donors (Lipinski definition) is 1. The first-order chi connectivity index (χ1) is 8.52. The van der Waals surface area contributed by atoms with Crippen molar-refractivity contribution in [2.24, 2.45) is 11.8 Å². The van der Waals surface area contributed by atoms with E-state index in [1.807, 2.05) is 6.92 Å². The second-order valence-electron chi connectivity index (χ2n) is 4.45. The third kappa shape index (κ3) is 2.42. The normalized spacial score (nSPS) is 21.2. The average Bonchev–Trinajstić information content (AvgIpc) is 3.06. The Kier molecular flexibility index (Phi) is 3.18. The number of carbonyl (C=O) groups excluding carboxylic acids is 1. The van der Waals surface area contributed by atoms with Crippen molar-refractivity contribution in [1.29, 1.82) is 0 Å². The third-order valence-corrected chi connectivity index (χ3v) is 3.10. The number of non-ortho nitro benzene ring substituents is 1. The van der Waals surface area contributed by atoms with Crippen molar-refractivity contribution in [2.45, 2.75) is 13.3 Å². The number of nitrogens with one attached hydrogen (secondary N) is 1. The first-order valence-corrected chi connectivity index (χ1v) is 5.66. The van der Waals surface area contributed by atoms with Crippen LogP contribution in [0, 0.1) is 22.0 Å². The van der Waals surface area contributed by atoms with Crippen molar-refractivity contribution >= 4 is 17.3 Å². The van der Waals surface area contributed by atoms with Gasteiger partial charge in [0.25, 0.3) is 5.69 Å². The van der Waals surface area contributed by atoms with Crippen LogP contribution in [0.2, 0.25) is 0 Å². The number of carbonyl (C=O) groups is 1. The largest absolute Gasteiger partial charge is 0.495 e. The number of amides is 1. The van der Waals surface area contributed by atoms with Gasteiger partial charge in [0, 0.05) is 18.1 Å². The van der Waals surface area contributed by atoms with Crippen molar-refractivity contribution in [1.82, 2.24) is 0 Å². The van der Waals surface area contributed by atoms with Gasteiger partial charge in [-0.15, -0.1) is 0 Å². The van der Waals surface area contributed by atoms with Gasteiger partial charge in [-0.1, -0.05) is 6.92 Å². The Hall–Kier alpha value is -2.11. The zero-order valence-corrected chi connectivity index (χ0v) is 10.2. The van der Waals surface area contributed by atoms with Crippen LogP contribution < -0.4 is 10.1 Å². The minimum atomic E-state index is -0.505. The molecule has 0 aromatic heterocycles. The molecule has 1 aromatic carbocycles. The van der Waals surface area contributed by atoms with E-state index in [1.165, 1.54) is 25.3 Å². The molecule has 0 saturated heterocycles. The van der Waals surface area contributed by atoms with E-state index in [1.54, 1.807) is 0 Å². The number of ether oxygens (including phenoxy) is 1. The minimum absolute atomic E-state index is 0.00830. The number of methoxy groups -OCH3 is 1. The average molecular weight is 250 g/mol. The van der Waals surface area contributed by atoms with Crippen LogP contribution >= 0.6 is 0 Å². The smallest absolute Gasteiger partial charge is 0.271 e. The zero-order chi connectivity index (χ0) is 13.3. The number of hydrogen-bond acceptors (Lipinski definition) is 4. The molecule has 0 unspecified atom stereocenters. The summed E-state index contributed by atoms with van der Waals surface area (Å²) in [6.07, 6.45) is 0.864. The molecule has 96 valence electrons. The lowest BCUT2D eigenvalue weighted by Gasteiger charge is -2.09. The second-order valence-corrected chi connectivity index (χ2v) is 4.45. The number of rotatable bonds is 4. The van der Waals surface area contributed by atoms with E-state index in [-0.39, 0.29) is 17.5 Å². The van der Waals surface area contributed by atoms with Gasteiger partial charge in [-0.3, -0.25) is 14.9 Å². The monoisotopic (exact) mass is 250 g/mol. The van der Waals surface area contributed by atoms with Crippen LogP contribution in [0.3, 0.4) is 0 Å². The molecule has 2 atom stereocenters. The summed E-state index contributed by atoms with van der Waals surface area (Å²) in [5.74, 6) is 0.701. The fraction of sp³-hybridized carbons (Fsp3) is 0.417. The molecule has 1 N–H and O–H groups in total. The summed E-state index contributed by atoms with van der Waals surface area (Å²) in [6.45, 7) is 1.99. The Balaban J connectivity index is 2.21. The highest BCUT2D eigenvalue weighted by Crippen LogP contribution is 2.39. The lowest BCUT2D eigenvalue weighted by molar-refractivity contribution is -0.384. The van der Waals surface area contributed by atoms with Gasteiger partial charge in [-0.05, 0) is 18.4 Å². The molecular weight excluding hydrogens is 236 g/mol. The molecule has 0 heterocycles. The van der Waals surface area contributed by atoms with E-state index in [0.717, 1.165) is 6.42 Å². The van der Waals surface area contributed by atoms with Gasteiger partial charge < -0.3 is 10.1 Å². The van der Waals surface area contributed by atoms with Crippen LogP contribution in [0.15, 0.2) is 18.2 Å². The van der Waals surface area contributed by atoms with Crippen LogP contribution in [0.1, 0.15) is 13.3 Å². The zero-order valence-electron chi connectivity index (χ0n) is 10.2. The molecule has 2 rings (SSSR count). The van der Waals surface area contributed by atoms with Crippen LogP contribution in [0.5, 0.6) is 5.75 Å². The molecule has 1 amide bonds. The molecule has 0 aliphatic heterocycles. The van der Waals surface area contributed by atoms with Gasteiger partial charge in [-0.2, -0.15) is 0 Å². The summed E-state index contributed by atoms with van der Waals surface area (Å²) in [5.41, 5.74) is 0.269. The molecule has 6 heteroatoms. The van der Waals surface area contributed by atoms with E-state index in [9.17, 15) is 14.9 Å². The van der Waals surface area contributed by atoms with Crippen molar-refractivity contribution in [3.8, 4) is 5.75 Å². The van der Waals surface area contributed by atoms with E-state index >= 15 is 0 Å². The van der Waals surface area contributed by atoms with E-state index < -0.39 is 4.92 Å². The van der Waals surface area contributed by atoms with Crippen LogP contribution in [-0.4, -0.2) is 17.9 Å². The second kappa shape index (κ2) is 4.64. The Bertz CT molecular complexity index is 501. The highest BCUT2D eigenvalue weighted by atomic mass is 16.6. The van der Waals surface area contributed by atoms with Crippen LogP contribution in [-0.2, 0) is 4.79 Å². The first kappa shape index (κ1) is 12.3. The maximum absolute atomic E-state index is 11.8. The topological polar surface area (TPSA) is 81.5 Å². The summed E-state index contributed by atoms with van der Waals surface area (Å²) in [7, 11) is 1.45. The molecule has 0 spiro atoms. The Morgan fingerprint density at radius 1 is 1.56 bits per heavy atom. The van der Waals surface area contributed by atoms with Gasteiger partial charge in [0.2, 0.25) is 5.91 Å². The lowest BCUT2D eigenvalue weighted by Crippen LogP contribution is -2.15. The summed E-state index contributed by atoms with van der Waals surface area (Å²) in [6, 6.07) is 4.13. The quantitative estimate of drug-likeness (QED) is 0.656. The first-order valence-electron chi connectivity index (χ1n) is 5.66. The SMILES string of the molecule is COc1ccc([N+](=O)[O-])cc1NC(=O)[C@H]1C[C@H]1C. The molecule has 1 aliphatic rings. The van der Waals surface area contributed by atoms with Crippen molar-refractivity contribution in [3.63, 3.8) is 0 Å². The van der Waals surface area contributed by atoms with E-state index in [4.69, 9.17) is 4.74 Å². The Labute approximate surface area is 104 Å². The van der Waals surface area contributed by atoms with Gasteiger partial charge >= 0.3 is 0 Å². The molecule has 1 saturated carbocycles. The molecule has 1 aliphatic carbocycles. The summed E-state index contributed by atoms with van der Waals surface area (Å²) >= 11 is 0.